The molecule has 0 spiro atoms. The molecule has 0 aromatic heterocycles. The minimum Gasteiger partial charge on any atom is -0.355 e. The molecule has 2 N–H and O–H groups in total. The summed E-state index contributed by atoms with van der Waals surface area (Å²) in [4.78, 5) is 26.5. The molecule has 5 nitrogen and oxygen atoms in total. The normalized spacial score (nSPS) is 28.8. The highest BCUT2D eigenvalue weighted by Crippen LogP contribution is 2.45. The van der Waals surface area contributed by atoms with Gasteiger partial charge >= 0.3 is 0 Å². The summed E-state index contributed by atoms with van der Waals surface area (Å²) in [6.45, 7) is 6.98. The van der Waals surface area contributed by atoms with Crippen LogP contribution in [0.4, 0.5) is 0 Å². The fourth-order valence-electron chi connectivity index (χ4n) is 3.74. The van der Waals surface area contributed by atoms with E-state index in [2.05, 4.69) is 10.6 Å². The standard InChI is InChI=1S/C15H27N3O2/c1-3-17-13(19)10-18(4-2)14(20)15-8-6-5-7-12(15)9-16-11-15/h12,16H,3-11H2,1-2H3,(H,17,19)/t12-,15+/m0/s1. The van der Waals surface area contributed by atoms with E-state index in [1.165, 1.54) is 6.42 Å². The predicted octanol–water partition coefficient (Wildman–Crippen LogP) is 0.751. The number of hydrogen-bond donors (Lipinski definition) is 2. The molecule has 0 bridgehead atoms. The van der Waals surface area contributed by atoms with Crippen molar-refractivity contribution in [1.29, 1.82) is 0 Å². The first-order valence-electron chi connectivity index (χ1n) is 7.91. The van der Waals surface area contributed by atoms with Gasteiger partial charge in [-0.15, -0.1) is 0 Å². The van der Waals surface area contributed by atoms with Crippen LogP contribution < -0.4 is 10.6 Å². The van der Waals surface area contributed by atoms with Crippen LogP contribution in [0.1, 0.15) is 39.5 Å². The van der Waals surface area contributed by atoms with Crippen molar-refractivity contribution in [2.75, 3.05) is 32.7 Å². The average molecular weight is 281 g/mol. The summed E-state index contributed by atoms with van der Waals surface area (Å²) in [5.41, 5.74) is -0.249. The SMILES string of the molecule is CCNC(=O)CN(CC)C(=O)[C@@]12CCCC[C@H]1CNC2. The number of carbonyl (C=O) groups excluding carboxylic acids is 2. The highest BCUT2D eigenvalue weighted by atomic mass is 16.2. The lowest BCUT2D eigenvalue weighted by atomic mass is 9.67. The quantitative estimate of drug-likeness (QED) is 0.782. The van der Waals surface area contributed by atoms with Crippen LogP contribution in [0.5, 0.6) is 0 Å². The van der Waals surface area contributed by atoms with Crippen molar-refractivity contribution < 1.29 is 9.59 Å². The first-order valence-corrected chi connectivity index (χ1v) is 7.91. The molecule has 1 saturated carbocycles. The maximum absolute atomic E-state index is 13.0. The zero-order chi connectivity index (χ0) is 14.6. The molecule has 1 aliphatic heterocycles. The number of nitrogens with zero attached hydrogens (tertiary/aromatic N) is 1. The first kappa shape index (κ1) is 15.3. The Kier molecular flexibility index (Phi) is 5.02. The fourth-order valence-corrected chi connectivity index (χ4v) is 3.74. The van der Waals surface area contributed by atoms with Gasteiger partial charge in [-0.3, -0.25) is 9.59 Å². The monoisotopic (exact) mass is 281 g/mol. The Balaban J connectivity index is 2.08. The van der Waals surface area contributed by atoms with Crippen molar-refractivity contribution in [2.45, 2.75) is 39.5 Å². The van der Waals surface area contributed by atoms with Crippen molar-refractivity contribution in [2.24, 2.45) is 11.3 Å². The topological polar surface area (TPSA) is 61.4 Å². The molecular weight excluding hydrogens is 254 g/mol. The van der Waals surface area contributed by atoms with E-state index in [-0.39, 0.29) is 23.8 Å². The molecule has 0 unspecified atom stereocenters. The molecule has 1 saturated heterocycles. The molecule has 1 heterocycles. The van der Waals surface area contributed by atoms with Crippen LogP contribution >= 0.6 is 0 Å². The van der Waals surface area contributed by atoms with Gasteiger partial charge < -0.3 is 15.5 Å². The van der Waals surface area contributed by atoms with E-state index in [1.807, 2.05) is 13.8 Å². The van der Waals surface area contributed by atoms with Crippen LogP contribution in [-0.2, 0) is 9.59 Å². The summed E-state index contributed by atoms with van der Waals surface area (Å²) in [6.07, 6.45) is 4.46. The second-order valence-corrected chi connectivity index (χ2v) is 6.00. The van der Waals surface area contributed by atoms with Crippen LogP contribution in [0.2, 0.25) is 0 Å². The lowest BCUT2D eigenvalue weighted by molar-refractivity contribution is -0.147. The largest absolute Gasteiger partial charge is 0.355 e. The van der Waals surface area contributed by atoms with Crippen LogP contribution in [0, 0.1) is 11.3 Å². The molecule has 2 fully saturated rings. The molecule has 114 valence electrons. The summed E-state index contributed by atoms with van der Waals surface area (Å²) in [7, 11) is 0. The molecule has 0 aromatic rings. The Morgan fingerprint density at radius 1 is 1.35 bits per heavy atom. The minimum atomic E-state index is -0.249. The number of nitrogens with one attached hydrogen (secondary N) is 2. The summed E-state index contributed by atoms with van der Waals surface area (Å²) in [5, 5.41) is 6.17. The maximum Gasteiger partial charge on any atom is 0.239 e. The first-order chi connectivity index (χ1) is 9.64. The van der Waals surface area contributed by atoms with Crippen molar-refractivity contribution in [3.63, 3.8) is 0 Å². The zero-order valence-corrected chi connectivity index (χ0v) is 12.7. The summed E-state index contributed by atoms with van der Waals surface area (Å²) in [6, 6.07) is 0. The van der Waals surface area contributed by atoms with Gasteiger partial charge in [0.1, 0.15) is 0 Å². The molecule has 20 heavy (non-hydrogen) atoms. The summed E-state index contributed by atoms with van der Waals surface area (Å²) in [5.74, 6) is 0.574. The lowest BCUT2D eigenvalue weighted by Crippen LogP contribution is -2.52. The van der Waals surface area contributed by atoms with Gasteiger partial charge in [-0.05, 0) is 39.2 Å². The molecular formula is C15H27N3O2. The number of carbonyl (C=O) groups is 2. The van der Waals surface area contributed by atoms with Crippen molar-refractivity contribution in [3.8, 4) is 0 Å². The van der Waals surface area contributed by atoms with Gasteiger partial charge in [0.15, 0.2) is 0 Å². The van der Waals surface area contributed by atoms with Crippen molar-refractivity contribution >= 4 is 11.8 Å². The van der Waals surface area contributed by atoms with E-state index >= 15 is 0 Å². The molecule has 2 aliphatic rings. The number of likely N-dealkylation sites (N-methyl/N-ethyl adjacent to an activating group) is 2. The fraction of sp³-hybridized carbons (Fsp3) is 0.867. The van der Waals surface area contributed by atoms with Crippen LogP contribution in [0.3, 0.4) is 0 Å². The van der Waals surface area contributed by atoms with Gasteiger partial charge in [-0.1, -0.05) is 12.8 Å². The molecule has 2 atom stereocenters. The van der Waals surface area contributed by atoms with E-state index in [1.54, 1.807) is 4.90 Å². The zero-order valence-electron chi connectivity index (χ0n) is 12.7. The van der Waals surface area contributed by atoms with Gasteiger partial charge in [0.2, 0.25) is 11.8 Å². The predicted molar refractivity (Wildman–Crippen MR) is 78.2 cm³/mol. The Bertz CT molecular complexity index is 372. The third kappa shape index (κ3) is 2.82. The number of hydrogen-bond acceptors (Lipinski definition) is 3. The molecule has 5 heteroatoms. The highest BCUT2D eigenvalue weighted by Gasteiger charge is 2.51. The maximum atomic E-state index is 13.0. The van der Waals surface area contributed by atoms with E-state index in [0.717, 1.165) is 32.4 Å². The summed E-state index contributed by atoms with van der Waals surface area (Å²) >= 11 is 0. The third-order valence-corrected chi connectivity index (χ3v) is 4.84. The number of fused-ring (bicyclic) bond motifs is 1. The second kappa shape index (κ2) is 6.57. The van der Waals surface area contributed by atoms with Crippen LogP contribution in [-0.4, -0.2) is 49.4 Å². The Hall–Kier alpha value is -1.10. The lowest BCUT2D eigenvalue weighted by Gasteiger charge is -2.40. The molecule has 2 amide bonds. The highest BCUT2D eigenvalue weighted by molar-refractivity contribution is 5.88. The molecule has 0 radical (unpaired) electrons. The van der Waals surface area contributed by atoms with Crippen molar-refractivity contribution in [3.05, 3.63) is 0 Å². The van der Waals surface area contributed by atoms with Gasteiger partial charge in [0, 0.05) is 19.6 Å². The smallest absolute Gasteiger partial charge is 0.239 e. The third-order valence-electron chi connectivity index (χ3n) is 4.84. The number of rotatable bonds is 5. The van der Waals surface area contributed by atoms with Gasteiger partial charge in [-0.2, -0.15) is 0 Å². The van der Waals surface area contributed by atoms with Gasteiger partial charge in [0.25, 0.3) is 0 Å². The molecule has 2 rings (SSSR count). The Labute approximate surface area is 121 Å². The van der Waals surface area contributed by atoms with Gasteiger partial charge in [-0.25, -0.2) is 0 Å². The molecule has 0 aromatic carbocycles. The Morgan fingerprint density at radius 2 is 2.15 bits per heavy atom. The summed E-state index contributed by atoms with van der Waals surface area (Å²) < 4.78 is 0. The van der Waals surface area contributed by atoms with Crippen molar-refractivity contribution in [1.82, 2.24) is 15.5 Å². The number of amides is 2. The minimum absolute atomic E-state index is 0.0579. The van der Waals surface area contributed by atoms with Gasteiger partial charge in [0.05, 0.1) is 12.0 Å². The van der Waals surface area contributed by atoms with Crippen LogP contribution in [0.15, 0.2) is 0 Å². The van der Waals surface area contributed by atoms with E-state index in [9.17, 15) is 9.59 Å². The Morgan fingerprint density at radius 3 is 2.85 bits per heavy atom. The molecule has 1 aliphatic carbocycles. The van der Waals surface area contributed by atoms with E-state index in [4.69, 9.17) is 0 Å². The second-order valence-electron chi connectivity index (χ2n) is 6.00. The van der Waals surface area contributed by atoms with E-state index < -0.39 is 0 Å². The van der Waals surface area contributed by atoms with E-state index in [0.29, 0.717) is 19.0 Å². The average Bonchev–Trinajstić information content (AvgIpc) is 2.89. The van der Waals surface area contributed by atoms with Crippen LogP contribution in [0.25, 0.3) is 0 Å².